The monoisotopic (exact) mass is 353 g/mol. The second-order valence-corrected chi connectivity index (χ2v) is 6.85. The van der Waals surface area contributed by atoms with Crippen LogP contribution in [0.3, 0.4) is 0 Å². The van der Waals surface area contributed by atoms with Crippen LogP contribution in [0, 0.1) is 0 Å². The Bertz CT molecular complexity index is 820. The molecule has 0 saturated carbocycles. The Kier molecular flexibility index (Phi) is 6.41. The molecule has 1 aliphatic carbocycles. The first-order valence-electron chi connectivity index (χ1n) is 9.04. The van der Waals surface area contributed by atoms with Crippen LogP contribution in [-0.4, -0.2) is 46.6 Å². The number of benzene rings is 1. The third-order valence-electron chi connectivity index (χ3n) is 4.80. The molecule has 5 heteroatoms. The molecule has 0 spiro atoms. The van der Waals surface area contributed by atoms with Crippen LogP contribution in [-0.2, 0) is 6.42 Å². The van der Waals surface area contributed by atoms with Gasteiger partial charge in [0.2, 0.25) is 0 Å². The molecular formula is C21H27N3O2. The second kappa shape index (κ2) is 8.96. The minimum Gasteiger partial charge on any atom is -0.373 e. The Labute approximate surface area is 154 Å². The summed E-state index contributed by atoms with van der Waals surface area (Å²) in [6.45, 7) is 1.99. The summed E-state index contributed by atoms with van der Waals surface area (Å²) in [6, 6.07) is 8.43. The van der Waals surface area contributed by atoms with Crippen LogP contribution in [0.1, 0.15) is 18.4 Å². The maximum atomic E-state index is 9.26. The number of hydrogen-bond acceptors (Lipinski definition) is 4. The zero-order valence-electron chi connectivity index (χ0n) is 15.2. The van der Waals surface area contributed by atoms with E-state index in [9.17, 15) is 5.11 Å². The molecule has 0 fully saturated rings. The van der Waals surface area contributed by atoms with Crippen molar-refractivity contribution < 1.29 is 10.3 Å². The average Bonchev–Trinajstić information content (AvgIpc) is 3.09. The van der Waals surface area contributed by atoms with E-state index in [1.165, 1.54) is 28.1 Å². The lowest BCUT2D eigenvalue weighted by atomic mass is 9.97. The number of para-hydroxylation sites is 1. The number of fused-ring (bicyclic) bond motifs is 1. The van der Waals surface area contributed by atoms with Crippen molar-refractivity contribution in [3.63, 3.8) is 0 Å². The Morgan fingerprint density at radius 2 is 2.12 bits per heavy atom. The summed E-state index contributed by atoms with van der Waals surface area (Å²) in [5, 5.41) is 19.2. The topological polar surface area (TPSA) is 71.5 Å². The Morgan fingerprint density at radius 3 is 2.88 bits per heavy atom. The highest BCUT2D eigenvalue weighted by molar-refractivity contribution is 5.83. The molecule has 26 heavy (non-hydrogen) atoms. The van der Waals surface area contributed by atoms with Gasteiger partial charge in [0.1, 0.15) is 6.23 Å². The predicted molar refractivity (Wildman–Crippen MR) is 105 cm³/mol. The van der Waals surface area contributed by atoms with Crippen LogP contribution in [0.2, 0.25) is 0 Å². The van der Waals surface area contributed by atoms with Gasteiger partial charge in [-0.15, -0.1) is 0 Å². The van der Waals surface area contributed by atoms with E-state index < -0.39 is 6.23 Å². The molecule has 0 radical (unpaired) electrons. The molecule has 138 valence electrons. The summed E-state index contributed by atoms with van der Waals surface area (Å²) in [7, 11) is 2.16. The molecule has 4 N–H and O–H groups in total. The Balaban J connectivity index is 1.51. The van der Waals surface area contributed by atoms with Crippen molar-refractivity contribution in [1.29, 1.82) is 0 Å². The van der Waals surface area contributed by atoms with Gasteiger partial charge < -0.3 is 20.2 Å². The van der Waals surface area contributed by atoms with Gasteiger partial charge >= 0.3 is 0 Å². The fraction of sp³-hybridized carbons (Fsp3) is 0.333. The summed E-state index contributed by atoms with van der Waals surface area (Å²) < 4.78 is 0. The number of aromatic amines is 1. The Morgan fingerprint density at radius 1 is 1.27 bits per heavy atom. The van der Waals surface area contributed by atoms with Gasteiger partial charge in [0.25, 0.3) is 0 Å². The maximum Gasteiger partial charge on any atom is 0.146 e. The second-order valence-electron chi connectivity index (χ2n) is 6.85. The zero-order valence-corrected chi connectivity index (χ0v) is 15.2. The van der Waals surface area contributed by atoms with Crippen molar-refractivity contribution in [2.45, 2.75) is 25.5 Å². The van der Waals surface area contributed by atoms with Gasteiger partial charge in [-0.1, -0.05) is 42.0 Å². The van der Waals surface area contributed by atoms with Gasteiger partial charge in [-0.3, -0.25) is 0 Å². The molecule has 1 aliphatic rings. The molecule has 0 aliphatic heterocycles. The number of aliphatic hydroxyl groups excluding tert-OH is 1. The highest BCUT2D eigenvalue weighted by Crippen LogP contribution is 2.21. The normalized spacial score (nSPS) is 16.3. The standard InChI is InChI=1S/C21H27N3O2/c1-24(13-12-18-14-22-20-5-3-2-4-19(18)20)15-17-8-6-16(7-9-17)10-11-21(25)23-26/h2-6,8,10-11,14,21-23,25-26H,7,9,12-13,15H2,1H3/b11-10+. The quantitative estimate of drug-likeness (QED) is 0.435. The highest BCUT2D eigenvalue weighted by Gasteiger charge is 2.09. The third-order valence-corrected chi connectivity index (χ3v) is 4.80. The third kappa shape index (κ3) is 4.93. The predicted octanol–water partition coefficient (Wildman–Crippen LogP) is 3.14. The van der Waals surface area contributed by atoms with E-state index in [1.54, 1.807) is 5.48 Å². The molecule has 1 heterocycles. The van der Waals surface area contributed by atoms with E-state index in [4.69, 9.17) is 5.21 Å². The lowest BCUT2D eigenvalue weighted by molar-refractivity contribution is 0.0318. The number of allylic oxidation sites excluding steroid dienone is 4. The molecule has 0 saturated heterocycles. The van der Waals surface area contributed by atoms with Gasteiger partial charge in [-0.2, -0.15) is 5.48 Å². The molecule has 1 unspecified atom stereocenters. The van der Waals surface area contributed by atoms with Gasteiger partial charge in [0.15, 0.2) is 0 Å². The Hall–Kier alpha value is -2.18. The van der Waals surface area contributed by atoms with Crippen molar-refractivity contribution in [1.82, 2.24) is 15.4 Å². The number of nitrogens with zero attached hydrogens (tertiary/aromatic N) is 1. The smallest absolute Gasteiger partial charge is 0.146 e. The van der Waals surface area contributed by atoms with E-state index in [2.05, 4.69) is 59.5 Å². The number of aliphatic hydroxyl groups is 1. The molecule has 0 bridgehead atoms. The van der Waals surface area contributed by atoms with Crippen LogP contribution in [0.25, 0.3) is 10.9 Å². The SMILES string of the molecule is CN(CCc1c[nH]c2ccccc12)CC1=CC=C(/C=C/C(O)NO)CC1. The lowest BCUT2D eigenvalue weighted by Crippen LogP contribution is -2.24. The van der Waals surface area contributed by atoms with Crippen LogP contribution in [0.4, 0.5) is 0 Å². The average molecular weight is 353 g/mol. The highest BCUT2D eigenvalue weighted by atomic mass is 16.5. The molecule has 5 nitrogen and oxygen atoms in total. The molecule has 1 atom stereocenters. The number of nitrogens with one attached hydrogen (secondary N) is 2. The first kappa shape index (κ1) is 18.6. The van der Waals surface area contributed by atoms with Crippen molar-refractivity contribution in [2.75, 3.05) is 20.1 Å². The number of hydroxylamine groups is 1. The molecule has 2 aromatic rings. The largest absolute Gasteiger partial charge is 0.373 e. The maximum absolute atomic E-state index is 9.26. The van der Waals surface area contributed by atoms with Crippen LogP contribution < -0.4 is 5.48 Å². The molecule has 3 rings (SSSR count). The summed E-state index contributed by atoms with van der Waals surface area (Å²) in [5.41, 5.74) is 6.94. The number of likely N-dealkylation sites (N-methyl/N-ethyl adjacent to an activating group) is 1. The van der Waals surface area contributed by atoms with Crippen molar-refractivity contribution >= 4 is 10.9 Å². The van der Waals surface area contributed by atoms with Crippen molar-refractivity contribution in [3.8, 4) is 0 Å². The van der Waals surface area contributed by atoms with Gasteiger partial charge in [-0.05, 0) is 49.6 Å². The fourth-order valence-electron chi connectivity index (χ4n) is 3.30. The van der Waals surface area contributed by atoms with Crippen LogP contribution in [0.5, 0.6) is 0 Å². The minimum absolute atomic E-state index is 0.955. The van der Waals surface area contributed by atoms with E-state index in [1.807, 2.05) is 6.08 Å². The fourth-order valence-corrected chi connectivity index (χ4v) is 3.30. The lowest BCUT2D eigenvalue weighted by Gasteiger charge is -2.20. The van der Waals surface area contributed by atoms with Crippen LogP contribution >= 0.6 is 0 Å². The summed E-state index contributed by atoms with van der Waals surface area (Å²) in [4.78, 5) is 5.70. The first-order chi connectivity index (χ1) is 12.7. The van der Waals surface area contributed by atoms with Gasteiger partial charge in [0, 0.05) is 30.2 Å². The van der Waals surface area contributed by atoms with E-state index in [0.717, 1.165) is 37.9 Å². The molecular weight excluding hydrogens is 326 g/mol. The molecule has 1 aromatic heterocycles. The number of rotatable bonds is 8. The van der Waals surface area contributed by atoms with Gasteiger partial charge in [-0.25, -0.2) is 0 Å². The van der Waals surface area contributed by atoms with E-state index in [-0.39, 0.29) is 0 Å². The van der Waals surface area contributed by atoms with E-state index >= 15 is 0 Å². The molecule has 1 aromatic carbocycles. The summed E-state index contributed by atoms with van der Waals surface area (Å²) >= 11 is 0. The number of H-pyrrole nitrogens is 1. The van der Waals surface area contributed by atoms with Crippen LogP contribution in [0.15, 0.2) is 65.9 Å². The summed E-state index contributed by atoms with van der Waals surface area (Å²) in [6.07, 6.45) is 11.8. The van der Waals surface area contributed by atoms with Gasteiger partial charge in [0.05, 0.1) is 0 Å². The van der Waals surface area contributed by atoms with Crippen molar-refractivity contribution in [2.24, 2.45) is 0 Å². The van der Waals surface area contributed by atoms with E-state index in [0.29, 0.717) is 0 Å². The summed E-state index contributed by atoms with van der Waals surface area (Å²) in [5.74, 6) is 0. The molecule has 0 amide bonds. The first-order valence-corrected chi connectivity index (χ1v) is 9.04. The number of hydrogen-bond donors (Lipinski definition) is 4. The number of aromatic nitrogens is 1. The minimum atomic E-state index is -1.02. The zero-order chi connectivity index (χ0) is 18.4. The van der Waals surface area contributed by atoms with Crippen molar-refractivity contribution in [3.05, 3.63) is 71.5 Å².